The zero-order valence-electron chi connectivity index (χ0n) is 14.3. The average Bonchev–Trinajstić information content (AvgIpc) is 2.98. The molecule has 0 aliphatic heterocycles. The minimum Gasteiger partial charge on any atom is -0.478 e. The van der Waals surface area contributed by atoms with Crippen LogP contribution in [0.1, 0.15) is 55.7 Å². The molecule has 0 saturated heterocycles. The van der Waals surface area contributed by atoms with Crippen LogP contribution in [-0.2, 0) is 16.6 Å². The van der Waals surface area contributed by atoms with E-state index in [9.17, 15) is 14.0 Å². The summed E-state index contributed by atoms with van der Waals surface area (Å²) >= 11 is 0. The van der Waals surface area contributed by atoms with Crippen LogP contribution in [0.2, 0.25) is 0 Å². The molecule has 2 aromatic rings. The molecule has 0 radical (unpaired) electrons. The lowest BCUT2D eigenvalue weighted by atomic mass is 9.96. The number of carbonyl (C=O) groups is 2. The second kappa shape index (κ2) is 7.42. The van der Waals surface area contributed by atoms with Gasteiger partial charge >= 0.3 is 5.97 Å². The van der Waals surface area contributed by atoms with Gasteiger partial charge in [-0.05, 0) is 24.6 Å². The Morgan fingerprint density at radius 3 is 2.60 bits per heavy atom. The highest BCUT2D eigenvalue weighted by Crippen LogP contribution is 2.19. The van der Waals surface area contributed by atoms with Crippen LogP contribution in [0.3, 0.4) is 0 Å². The number of nitrogens with zero attached hydrogens (tertiary/aromatic N) is 2. The van der Waals surface area contributed by atoms with Crippen molar-refractivity contribution in [2.75, 3.05) is 5.32 Å². The number of hydrogen-bond donors (Lipinski definition) is 2. The summed E-state index contributed by atoms with van der Waals surface area (Å²) < 4.78 is 18.9. The number of aryl methyl sites for hydroxylation is 1. The molecule has 1 amide bonds. The summed E-state index contributed by atoms with van der Waals surface area (Å²) in [5, 5.41) is 15.1. The Morgan fingerprint density at radius 1 is 1.32 bits per heavy atom. The van der Waals surface area contributed by atoms with Gasteiger partial charge in [0.1, 0.15) is 5.82 Å². The van der Waals surface area contributed by atoms with Crippen molar-refractivity contribution in [3.05, 3.63) is 41.3 Å². The third kappa shape index (κ3) is 5.10. The van der Waals surface area contributed by atoms with E-state index < -0.39 is 11.8 Å². The molecule has 0 atom stereocenters. The summed E-state index contributed by atoms with van der Waals surface area (Å²) in [4.78, 5) is 26.9. The lowest BCUT2D eigenvalue weighted by Crippen LogP contribution is -2.14. The molecule has 0 saturated carbocycles. The molecule has 1 aromatic carbocycles. The quantitative estimate of drug-likeness (QED) is 0.830. The van der Waals surface area contributed by atoms with Gasteiger partial charge in [-0.25, -0.2) is 9.18 Å². The Kier molecular flexibility index (Phi) is 5.51. The first-order valence-electron chi connectivity index (χ1n) is 7.82. The molecule has 0 unspecified atom stereocenters. The lowest BCUT2D eigenvalue weighted by Gasteiger charge is -2.10. The number of halogens is 1. The molecule has 25 heavy (non-hydrogen) atoms. The van der Waals surface area contributed by atoms with Gasteiger partial charge in [-0.2, -0.15) is 4.98 Å². The second-order valence-corrected chi connectivity index (χ2v) is 6.66. The fourth-order valence-corrected chi connectivity index (χ4v) is 2.02. The predicted molar refractivity (Wildman–Crippen MR) is 87.9 cm³/mol. The van der Waals surface area contributed by atoms with Crippen molar-refractivity contribution in [3.8, 4) is 0 Å². The summed E-state index contributed by atoms with van der Waals surface area (Å²) in [6.07, 6.45) is 1.05. The van der Waals surface area contributed by atoms with Crippen molar-refractivity contribution in [3.63, 3.8) is 0 Å². The van der Waals surface area contributed by atoms with Gasteiger partial charge in [-0.3, -0.25) is 4.79 Å². The molecule has 0 fully saturated rings. The molecule has 134 valence electrons. The van der Waals surface area contributed by atoms with E-state index in [0.29, 0.717) is 24.6 Å². The maximum Gasteiger partial charge on any atom is 0.335 e. The fourth-order valence-electron chi connectivity index (χ4n) is 2.02. The monoisotopic (exact) mass is 349 g/mol. The highest BCUT2D eigenvalue weighted by molar-refractivity contribution is 5.92. The van der Waals surface area contributed by atoms with Crippen LogP contribution in [0.5, 0.6) is 0 Å². The lowest BCUT2D eigenvalue weighted by molar-refractivity contribution is -0.116. The van der Waals surface area contributed by atoms with Crippen LogP contribution in [0, 0.1) is 5.82 Å². The first kappa shape index (κ1) is 18.6. The minimum absolute atomic E-state index is 0.0530. The van der Waals surface area contributed by atoms with Gasteiger partial charge < -0.3 is 14.9 Å². The predicted octanol–water partition coefficient (Wildman–Crippen LogP) is 3.17. The number of carbonyl (C=O) groups excluding carboxylic acids is 1. The molecule has 1 heterocycles. The maximum atomic E-state index is 13.8. The molecular weight excluding hydrogens is 329 g/mol. The molecule has 2 rings (SSSR count). The van der Waals surface area contributed by atoms with Crippen LogP contribution in [0.25, 0.3) is 0 Å². The molecule has 1 aromatic heterocycles. The Balaban J connectivity index is 1.85. The van der Waals surface area contributed by atoms with Crippen LogP contribution >= 0.6 is 0 Å². The first-order valence-corrected chi connectivity index (χ1v) is 7.82. The van der Waals surface area contributed by atoms with E-state index in [0.717, 1.165) is 6.07 Å². The van der Waals surface area contributed by atoms with Crippen LogP contribution in [-0.4, -0.2) is 27.1 Å². The molecule has 2 N–H and O–H groups in total. The number of anilines is 1. The normalized spacial score (nSPS) is 11.4. The number of carboxylic acids is 1. The summed E-state index contributed by atoms with van der Waals surface area (Å²) in [5.74, 6) is -1.34. The Labute approximate surface area is 144 Å². The molecule has 0 aliphatic carbocycles. The largest absolute Gasteiger partial charge is 0.478 e. The number of aromatic carboxylic acids is 1. The maximum absolute atomic E-state index is 13.8. The van der Waals surface area contributed by atoms with Gasteiger partial charge in [-0.1, -0.05) is 25.9 Å². The summed E-state index contributed by atoms with van der Waals surface area (Å²) in [6, 6.07) is 3.32. The van der Waals surface area contributed by atoms with E-state index in [1.165, 1.54) is 12.1 Å². The van der Waals surface area contributed by atoms with Gasteiger partial charge in [0, 0.05) is 18.3 Å². The van der Waals surface area contributed by atoms with Crippen molar-refractivity contribution in [2.24, 2.45) is 0 Å². The Morgan fingerprint density at radius 2 is 2.04 bits per heavy atom. The number of hydrogen-bond acceptors (Lipinski definition) is 5. The van der Waals surface area contributed by atoms with E-state index in [-0.39, 0.29) is 29.0 Å². The van der Waals surface area contributed by atoms with Gasteiger partial charge in [-0.15, -0.1) is 0 Å². The highest BCUT2D eigenvalue weighted by atomic mass is 19.1. The summed E-state index contributed by atoms with van der Waals surface area (Å²) in [6.45, 7) is 5.91. The fraction of sp³-hybridized carbons (Fsp3) is 0.412. The van der Waals surface area contributed by atoms with E-state index in [4.69, 9.17) is 9.63 Å². The van der Waals surface area contributed by atoms with Crippen molar-refractivity contribution in [1.29, 1.82) is 0 Å². The standard InChI is InChI=1S/C17H20FN3O4/c1-17(2,3)16-20-14(25-21-16)6-4-5-13(22)19-12-8-7-10(15(23)24)9-11(12)18/h7-9H,4-6H2,1-3H3,(H,19,22)(H,23,24). The first-order chi connectivity index (χ1) is 11.7. The number of rotatable bonds is 6. The third-order valence-electron chi connectivity index (χ3n) is 3.42. The van der Waals surface area contributed by atoms with E-state index in [2.05, 4.69) is 15.5 Å². The zero-order chi connectivity index (χ0) is 18.6. The Hall–Kier alpha value is -2.77. The summed E-state index contributed by atoms with van der Waals surface area (Å²) in [5.41, 5.74) is -0.442. The average molecular weight is 349 g/mol. The molecular formula is C17H20FN3O4. The topological polar surface area (TPSA) is 105 Å². The molecule has 7 nitrogen and oxygen atoms in total. The smallest absolute Gasteiger partial charge is 0.335 e. The Bertz CT molecular complexity index is 780. The number of amides is 1. The SMILES string of the molecule is CC(C)(C)c1noc(CCCC(=O)Nc2ccc(C(=O)O)cc2F)n1. The van der Waals surface area contributed by atoms with Gasteiger partial charge in [0.05, 0.1) is 11.3 Å². The van der Waals surface area contributed by atoms with E-state index in [1.807, 2.05) is 20.8 Å². The molecule has 0 aliphatic rings. The third-order valence-corrected chi connectivity index (χ3v) is 3.42. The van der Waals surface area contributed by atoms with Gasteiger partial charge in [0.2, 0.25) is 11.8 Å². The van der Waals surface area contributed by atoms with Crippen LogP contribution < -0.4 is 5.32 Å². The van der Waals surface area contributed by atoms with Gasteiger partial charge in [0.15, 0.2) is 5.82 Å². The molecule has 8 heteroatoms. The van der Waals surface area contributed by atoms with Crippen molar-refractivity contribution in [2.45, 2.75) is 45.4 Å². The zero-order valence-corrected chi connectivity index (χ0v) is 14.3. The molecule has 0 spiro atoms. The van der Waals surface area contributed by atoms with Crippen molar-refractivity contribution < 1.29 is 23.6 Å². The second-order valence-electron chi connectivity index (χ2n) is 6.66. The van der Waals surface area contributed by atoms with Crippen LogP contribution in [0.4, 0.5) is 10.1 Å². The van der Waals surface area contributed by atoms with E-state index >= 15 is 0 Å². The van der Waals surface area contributed by atoms with Crippen LogP contribution in [0.15, 0.2) is 22.7 Å². The van der Waals surface area contributed by atoms with Crippen molar-refractivity contribution in [1.82, 2.24) is 10.1 Å². The summed E-state index contributed by atoms with van der Waals surface area (Å²) in [7, 11) is 0. The number of nitrogens with one attached hydrogen (secondary N) is 1. The van der Waals surface area contributed by atoms with Gasteiger partial charge in [0.25, 0.3) is 0 Å². The van der Waals surface area contributed by atoms with Crippen molar-refractivity contribution >= 4 is 17.6 Å². The minimum atomic E-state index is -1.23. The number of carboxylic acid groups (broad SMARTS) is 1. The highest BCUT2D eigenvalue weighted by Gasteiger charge is 2.20. The van der Waals surface area contributed by atoms with E-state index in [1.54, 1.807) is 0 Å². The number of benzene rings is 1. The number of aromatic nitrogens is 2. The molecule has 0 bridgehead atoms.